The van der Waals surface area contributed by atoms with Crippen LogP contribution in [-0.2, 0) is 10.1 Å². The van der Waals surface area contributed by atoms with Crippen LogP contribution in [0.3, 0.4) is 0 Å². The summed E-state index contributed by atoms with van der Waals surface area (Å²) < 4.78 is 35.0. The van der Waals surface area contributed by atoms with E-state index in [9.17, 15) is 13.0 Å². The lowest BCUT2D eigenvalue weighted by molar-refractivity contribution is 0.351. The van der Waals surface area contributed by atoms with Crippen molar-refractivity contribution in [3.63, 3.8) is 0 Å². The topological polar surface area (TPSA) is 73.2 Å². The summed E-state index contributed by atoms with van der Waals surface area (Å²) >= 11 is 1.71. The number of aliphatic imine (C=N–C) groups is 1. The number of nitrogens with zero attached hydrogens (tertiary/aromatic N) is 3. The van der Waals surface area contributed by atoms with Crippen LogP contribution in [0.25, 0.3) is 0 Å². The maximum absolute atomic E-state index is 12.5. The molecule has 2 aromatic carbocycles. The zero-order valence-electron chi connectivity index (χ0n) is 17.7. The SMILES string of the molecule is CCC1C=CN=C(C(CCN2c3ccccc3Sc3ccccc32)S(=O)(=O)O)N1CC. The second kappa shape index (κ2) is 9.06. The average Bonchev–Trinajstić information content (AvgIpc) is 2.77. The van der Waals surface area contributed by atoms with Crippen LogP contribution in [0.5, 0.6) is 0 Å². The van der Waals surface area contributed by atoms with E-state index in [0.717, 1.165) is 27.6 Å². The number of hydrogen-bond acceptors (Lipinski definition) is 6. The van der Waals surface area contributed by atoms with Gasteiger partial charge in [-0.05, 0) is 50.1 Å². The normalized spacial score (nSPS) is 18.9. The number of amidine groups is 1. The minimum atomic E-state index is -4.33. The van der Waals surface area contributed by atoms with E-state index in [1.807, 2.05) is 54.3 Å². The van der Waals surface area contributed by atoms with Crippen molar-refractivity contribution < 1.29 is 13.0 Å². The maximum Gasteiger partial charge on any atom is 0.275 e. The number of anilines is 2. The Kier molecular flexibility index (Phi) is 6.41. The van der Waals surface area contributed by atoms with Crippen LogP contribution >= 0.6 is 11.8 Å². The van der Waals surface area contributed by atoms with Gasteiger partial charge in [0.1, 0.15) is 11.1 Å². The molecular weight excluding hydrogens is 430 g/mol. The maximum atomic E-state index is 12.5. The minimum Gasteiger partial charge on any atom is -0.353 e. The van der Waals surface area contributed by atoms with E-state index in [1.54, 1.807) is 18.0 Å². The molecule has 4 rings (SSSR count). The summed E-state index contributed by atoms with van der Waals surface area (Å²) in [5.41, 5.74) is 2.09. The van der Waals surface area contributed by atoms with E-state index >= 15 is 0 Å². The fourth-order valence-electron chi connectivity index (χ4n) is 4.27. The molecule has 0 amide bonds. The van der Waals surface area contributed by atoms with E-state index < -0.39 is 15.4 Å². The molecule has 0 aliphatic carbocycles. The van der Waals surface area contributed by atoms with Crippen molar-refractivity contribution in [3.05, 3.63) is 60.8 Å². The van der Waals surface area contributed by atoms with Gasteiger partial charge < -0.3 is 9.80 Å². The van der Waals surface area contributed by atoms with Crippen LogP contribution < -0.4 is 4.90 Å². The number of likely N-dealkylation sites (N-methyl/N-ethyl adjacent to an activating group) is 1. The van der Waals surface area contributed by atoms with E-state index in [2.05, 4.69) is 28.9 Å². The van der Waals surface area contributed by atoms with E-state index in [4.69, 9.17) is 0 Å². The zero-order valence-corrected chi connectivity index (χ0v) is 19.3. The van der Waals surface area contributed by atoms with Crippen LogP contribution in [0.15, 0.2) is 75.6 Å². The summed E-state index contributed by atoms with van der Waals surface area (Å²) in [4.78, 5) is 10.8. The molecule has 0 aromatic heterocycles. The molecule has 2 heterocycles. The molecule has 2 aliphatic rings. The third kappa shape index (κ3) is 4.37. The lowest BCUT2D eigenvalue weighted by Crippen LogP contribution is -2.49. The van der Waals surface area contributed by atoms with Crippen molar-refractivity contribution >= 4 is 39.1 Å². The molecule has 6 nitrogen and oxygen atoms in total. The molecule has 0 spiro atoms. The molecule has 0 saturated heterocycles. The predicted molar refractivity (Wildman–Crippen MR) is 127 cm³/mol. The first-order valence-electron chi connectivity index (χ1n) is 10.5. The first kappa shape index (κ1) is 21.9. The summed E-state index contributed by atoms with van der Waals surface area (Å²) in [7, 11) is -4.33. The quantitative estimate of drug-likeness (QED) is 0.592. The standard InChI is InChI=1S/C23H27N3O3S2/c1-3-17-13-15-24-23(25(17)4-2)22(31(27,28)29)14-16-26-18-9-5-7-11-20(18)30-21-12-8-6-10-19(21)26/h5-13,15,17,22H,3-4,14,16H2,1-2H3,(H,27,28,29). The van der Waals surface area contributed by atoms with Crippen LogP contribution in [0, 0.1) is 0 Å². The Morgan fingerprint density at radius 3 is 2.23 bits per heavy atom. The van der Waals surface area contributed by atoms with Gasteiger partial charge in [0.15, 0.2) is 0 Å². The van der Waals surface area contributed by atoms with Crippen LogP contribution in [0.1, 0.15) is 26.7 Å². The Morgan fingerprint density at radius 2 is 1.68 bits per heavy atom. The van der Waals surface area contributed by atoms with E-state index in [-0.39, 0.29) is 12.5 Å². The number of benzene rings is 2. The minimum absolute atomic E-state index is 0.0783. The highest BCUT2D eigenvalue weighted by atomic mass is 32.2. The predicted octanol–water partition coefficient (Wildman–Crippen LogP) is 4.96. The third-order valence-corrected chi connectivity index (χ3v) is 8.06. The summed E-state index contributed by atoms with van der Waals surface area (Å²) in [5, 5.41) is -1.08. The molecule has 2 aromatic rings. The van der Waals surface area contributed by atoms with Gasteiger partial charge >= 0.3 is 0 Å². The number of para-hydroxylation sites is 2. The van der Waals surface area contributed by atoms with Crippen molar-refractivity contribution in [2.24, 2.45) is 4.99 Å². The van der Waals surface area contributed by atoms with Gasteiger partial charge in [-0.3, -0.25) is 4.55 Å². The van der Waals surface area contributed by atoms with Crippen molar-refractivity contribution in [2.75, 3.05) is 18.0 Å². The molecule has 0 fully saturated rings. The Morgan fingerprint density at radius 1 is 1.06 bits per heavy atom. The first-order valence-corrected chi connectivity index (χ1v) is 12.9. The summed E-state index contributed by atoms with van der Waals surface area (Å²) in [6.07, 6.45) is 4.70. The van der Waals surface area contributed by atoms with Crippen LogP contribution in [0.4, 0.5) is 11.4 Å². The van der Waals surface area contributed by atoms with Gasteiger partial charge in [0.25, 0.3) is 10.1 Å². The smallest absolute Gasteiger partial charge is 0.275 e. The lowest BCUT2D eigenvalue weighted by Gasteiger charge is -2.37. The molecule has 8 heteroatoms. The Hall–Kier alpha value is -2.29. The first-order chi connectivity index (χ1) is 14.9. The monoisotopic (exact) mass is 457 g/mol. The van der Waals surface area contributed by atoms with Gasteiger partial charge in [0.2, 0.25) is 0 Å². The fraction of sp³-hybridized carbons (Fsp3) is 0.348. The number of rotatable bonds is 7. The summed E-state index contributed by atoms with van der Waals surface area (Å²) in [6.45, 7) is 5.10. The molecule has 0 saturated carbocycles. The second-order valence-electron chi connectivity index (χ2n) is 7.57. The molecule has 0 bridgehead atoms. The van der Waals surface area contributed by atoms with Crippen molar-refractivity contribution in [1.29, 1.82) is 0 Å². The molecule has 1 N–H and O–H groups in total. The molecule has 0 radical (unpaired) electrons. The van der Waals surface area contributed by atoms with Gasteiger partial charge in [-0.1, -0.05) is 43.0 Å². The fourth-order valence-corrected chi connectivity index (χ4v) is 6.23. The van der Waals surface area contributed by atoms with E-state index in [1.165, 1.54) is 0 Å². The van der Waals surface area contributed by atoms with E-state index in [0.29, 0.717) is 18.9 Å². The van der Waals surface area contributed by atoms with Gasteiger partial charge in [0.05, 0.1) is 11.4 Å². The molecule has 31 heavy (non-hydrogen) atoms. The zero-order chi connectivity index (χ0) is 22.0. The van der Waals surface area contributed by atoms with Crippen LogP contribution in [-0.4, -0.2) is 48.1 Å². The molecule has 164 valence electrons. The number of fused-ring (bicyclic) bond motifs is 2. The average molecular weight is 458 g/mol. The highest BCUT2D eigenvalue weighted by molar-refractivity contribution is 7.99. The highest BCUT2D eigenvalue weighted by Crippen LogP contribution is 2.47. The molecular formula is C23H27N3O3S2. The van der Waals surface area contributed by atoms with Crippen molar-refractivity contribution in [3.8, 4) is 0 Å². The number of hydrogen-bond donors (Lipinski definition) is 1. The highest BCUT2D eigenvalue weighted by Gasteiger charge is 2.36. The van der Waals surface area contributed by atoms with Gasteiger partial charge in [-0.25, -0.2) is 4.99 Å². The largest absolute Gasteiger partial charge is 0.353 e. The van der Waals surface area contributed by atoms with Gasteiger partial charge in [-0.2, -0.15) is 8.42 Å². The Bertz CT molecular complexity index is 1070. The third-order valence-electron chi connectivity index (χ3n) is 5.76. The van der Waals surface area contributed by atoms with Crippen LogP contribution in [0.2, 0.25) is 0 Å². The molecule has 2 unspecified atom stereocenters. The second-order valence-corrected chi connectivity index (χ2v) is 10.3. The molecule has 2 aliphatic heterocycles. The Labute approximate surface area is 188 Å². The van der Waals surface area contributed by atoms with Crippen molar-refractivity contribution in [1.82, 2.24) is 4.90 Å². The Balaban J connectivity index is 1.67. The summed E-state index contributed by atoms with van der Waals surface area (Å²) in [5.74, 6) is 0.423. The van der Waals surface area contributed by atoms with Gasteiger partial charge in [-0.15, -0.1) is 0 Å². The summed E-state index contributed by atoms with van der Waals surface area (Å²) in [6, 6.07) is 16.3. The van der Waals surface area contributed by atoms with Gasteiger partial charge in [0, 0.05) is 35.1 Å². The van der Waals surface area contributed by atoms with Crippen molar-refractivity contribution in [2.45, 2.75) is 47.8 Å². The molecule has 2 atom stereocenters. The lowest BCUT2D eigenvalue weighted by atomic mass is 10.1.